The predicted molar refractivity (Wildman–Crippen MR) is 114 cm³/mol. The Morgan fingerprint density at radius 2 is 1.69 bits per heavy atom. The highest BCUT2D eigenvalue weighted by molar-refractivity contribution is 8.01. The number of thioether (sulfide) groups is 1. The molecule has 5 nitrogen and oxygen atoms in total. The first kappa shape index (κ1) is 17.7. The Morgan fingerprint density at radius 1 is 0.966 bits per heavy atom. The molecule has 1 saturated heterocycles. The van der Waals surface area contributed by atoms with E-state index in [0.717, 1.165) is 16.8 Å². The third-order valence-electron chi connectivity index (χ3n) is 5.17. The number of hydrogen-bond acceptors (Lipinski definition) is 5. The molecule has 29 heavy (non-hydrogen) atoms. The molecule has 0 bridgehead atoms. The third kappa shape index (κ3) is 2.76. The van der Waals surface area contributed by atoms with Crippen LogP contribution in [0.25, 0.3) is 17.0 Å². The molecule has 142 valence electrons. The zero-order valence-electron chi connectivity index (χ0n) is 15.6. The van der Waals surface area contributed by atoms with Gasteiger partial charge in [-0.3, -0.25) is 9.59 Å². The molecular formula is C23H17N3O2S. The van der Waals surface area contributed by atoms with E-state index in [1.165, 1.54) is 16.7 Å². The fourth-order valence-electron chi connectivity index (χ4n) is 3.64. The molecule has 0 saturated carbocycles. The molecule has 0 radical (unpaired) electrons. The van der Waals surface area contributed by atoms with Crippen LogP contribution in [0.5, 0.6) is 0 Å². The number of hydrogen-bond donors (Lipinski definition) is 1. The second-order valence-corrected chi connectivity index (χ2v) is 8.15. The Bertz CT molecular complexity index is 1190. The molecule has 0 unspecified atom stereocenters. The van der Waals surface area contributed by atoms with Gasteiger partial charge in [-0.2, -0.15) is 0 Å². The monoisotopic (exact) mass is 399 g/mol. The Morgan fingerprint density at radius 3 is 2.41 bits per heavy atom. The maximum Gasteiger partial charge on any atom is 0.264 e. The van der Waals surface area contributed by atoms with Gasteiger partial charge in [0, 0.05) is 11.1 Å². The number of carbonyl (C=O) groups excluding carboxylic acids is 2. The number of imide groups is 1. The maximum atomic E-state index is 13.1. The van der Waals surface area contributed by atoms with Gasteiger partial charge in [0.1, 0.15) is 10.3 Å². The minimum Gasteiger partial charge on any atom is -0.398 e. The molecule has 1 atom stereocenters. The van der Waals surface area contributed by atoms with Gasteiger partial charge in [0.15, 0.2) is 0 Å². The number of benzene rings is 2. The zero-order valence-corrected chi connectivity index (χ0v) is 16.4. The molecule has 3 aromatic rings. The van der Waals surface area contributed by atoms with E-state index in [1.54, 1.807) is 12.1 Å². The van der Waals surface area contributed by atoms with Crippen LogP contribution < -0.4 is 10.6 Å². The molecule has 0 spiro atoms. The molecule has 2 amide bonds. The van der Waals surface area contributed by atoms with Crippen molar-refractivity contribution in [2.45, 2.75) is 17.2 Å². The van der Waals surface area contributed by atoms with Crippen molar-refractivity contribution >= 4 is 35.0 Å². The summed E-state index contributed by atoms with van der Waals surface area (Å²) in [5.74, 6) is -0.633. The number of aryl methyl sites for hydroxylation is 1. The smallest absolute Gasteiger partial charge is 0.264 e. The van der Waals surface area contributed by atoms with Gasteiger partial charge in [-0.25, -0.2) is 9.88 Å². The van der Waals surface area contributed by atoms with E-state index >= 15 is 0 Å². The fourth-order valence-corrected chi connectivity index (χ4v) is 4.87. The van der Waals surface area contributed by atoms with Crippen molar-refractivity contribution in [2.24, 2.45) is 5.73 Å². The van der Waals surface area contributed by atoms with Gasteiger partial charge in [0.2, 0.25) is 0 Å². The van der Waals surface area contributed by atoms with Crippen molar-refractivity contribution in [3.8, 4) is 11.3 Å². The summed E-state index contributed by atoms with van der Waals surface area (Å²) < 4.78 is 0. The van der Waals surface area contributed by atoms with Gasteiger partial charge in [-0.1, -0.05) is 59.8 Å². The molecule has 1 fully saturated rings. The van der Waals surface area contributed by atoms with E-state index in [4.69, 9.17) is 10.7 Å². The Hall–Kier alpha value is -3.38. The van der Waals surface area contributed by atoms with Crippen molar-refractivity contribution in [3.05, 3.63) is 83.4 Å². The summed E-state index contributed by atoms with van der Waals surface area (Å²) in [4.78, 5) is 32.1. The Balaban J connectivity index is 1.57. The SMILES string of the molecule is Cc1ccc(N2C(=O)C3=C(N)c4ccc(-c5ccccc5)nc4S[C@@H]3C2=O)cc1. The van der Waals surface area contributed by atoms with Crippen molar-refractivity contribution in [1.82, 2.24) is 4.98 Å². The van der Waals surface area contributed by atoms with Crippen molar-refractivity contribution in [3.63, 3.8) is 0 Å². The molecule has 0 aliphatic carbocycles. The molecule has 2 aromatic carbocycles. The average molecular weight is 399 g/mol. The van der Waals surface area contributed by atoms with E-state index < -0.39 is 5.25 Å². The molecule has 3 heterocycles. The van der Waals surface area contributed by atoms with Crippen molar-refractivity contribution < 1.29 is 9.59 Å². The number of amides is 2. The van der Waals surface area contributed by atoms with Crippen molar-refractivity contribution in [1.29, 1.82) is 0 Å². The van der Waals surface area contributed by atoms with E-state index in [2.05, 4.69) is 0 Å². The molecule has 6 heteroatoms. The van der Waals surface area contributed by atoms with Gasteiger partial charge >= 0.3 is 0 Å². The number of nitrogens with two attached hydrogens (primary N) is 1. The number of carbonyl (C=O) groups is 2. The number of anilines is 1. The zero-order chi connectivity index (χ0) is 20.1. The normalized spacial score (nSPS) is 18.1. The standard InChI is InChI=1S/C23H17N3O2S/c1-13-7-9-15(10-8-13)26-22(27)18-19(24)16-11-12-17(14-5-3-2-4-6-14)25-21(16)29-20(18)23(26)28/h2-12,20H,24H2,1H3/t20-/m0/s1. The lowest BCUT2D eigenvalue weighted by Gasteiger charge is -2.20. The topological polar surface area (TPSA) is 76.3 Å². The van der Waals surface area contributed by atoms with Crippen LogP contribution in [0.4, 0.5) is 5.69 Å². The second-order valence-electron chi connectivity index (χ2n) is 7.05. The average Bonchev–Trinajstić information content (AvgIpc) is 2.99. The summed E-state index contributed by atoms with van der Waals surface area (Å²) in [5.41, 5.74) is 11.2. The number of nitrogens with zero attached hydrogens (tertiary/aromatic N) is 2. The first-order valence-corrected chi connectivity index (χ1v) is 10.1. The number of fused-ring (bicyclic) bond motifs is 2. The van der Waals surface area contributed by atoms with Crippen LogP contribution in [-0.2, 0) is 9.59 Å². The molecule has 5 rings (SSSR count). The van der Waals surface area contributed by atoms with Gasteiger partial charge in [-0.15, -0.1) is 0 Å². The van der Waals surface area contributed by atoms with Gasteiger partial charge in [0.05, 0.1) is 22.7 Å². The summed E-state index contributed by atoms with van der Waals surface area (Å²) in [5, 5.41) is -0.000615. The van der Waals surface area contributed by atoms with Gasteiger partial charge < -0.3 is 5.73 Å². The lowest BCUT2D eigenvalue weighted by molar-refractivity contribution is -0.120. The summed E-state index contributed by atoms with van der Waals surface area (Å²) in [6, 6.07) is 20.9. The minimum atomic E-state index is -0.671. The first-order chi connectivity index (χ1) is 14.0. The van der Waals surface area contributed by atoms with Crippen LogP contribution in [0.2, 0.25) is 0 Å². The van der Waals surface area contributed by atoms with Crippen LogP contribution in [0.1, 0.15) is 11.1 Å². The summed E-state index contributed by atoms with van der Waals surface area (Å²) in [7, 11) is 0. The molecule has 1 aromatic heterocycles. The second kappa shape index (κ2) is 6.60. The maximum absolute atomic E-state index is 13.1. The van der Waals surface area contributed by atoms with Crippen LogP contribution in [0, 0.1) is 6.92 Å². The first-order valence-electron chi connectivity index (χ1n) is 9.22. The van der Waals surface area contributed by atoms with Gasteiger partial charge in [-0.05, 0) is 31.2 Å². The number of pyridine rings is 1. The van der Waals surface area contributed by atoms with E-state index in [-0.39, 0.29) is 11.8 Å². The highest BCUT2D eigenvalue weighted by Crippen LogP contribution is 2.45. The third-order valence-corrected chi connectivity index (χ3v) is 6.38. The summed E-state index contributed by atoms with van der Waals surface area (Å²) in [6.07, 6.45) is 0. The van der Waals surface area contributed by atoms with Crippen molar-refractivity contribution in [2.75, 3.05) is 4.90 Å². The Kier molecular flexibility index (Phi) is 4.03. The Labute approximate surface area is 172 Å². The largest absolute Gasteiger partial charge is 0.398 e. The quantitative estimate of drug-likeness (QED) is 0.664. The highest BCUT2D eigenvalue weighted by atomic mass is 32.2. The lowest BCUT2D eigenvalue weighted by atomic mass is 10.0. The summed E-state index contributed by atoms with van der Waals surface area (Å²) in [6.45, 7) is 1.96. The highest BCUT2D eigenvalue weighted by Gasteiger charge is 2.49. The van der Waals surface area contributed by atoms with Gasteiger partial charge in [0.25, 0.3) is 11.8 Å². The van der Waals surface area contributed by atoms with E-state index in [0.29, 0.717) is 27.5 Å². The van der Waals surface area contributed by atoms with E-state index in [1.807, 2.05) is 61.5 Å². The predicted octanol–water partition coefficient (Wildman–Crippen LogP) is 3.77. The van der Waals surface area contributed by atoms with Crippen LogP contribution in [-0.4, -0.2) is 22.0 Å². The molecule has 2 aliphatic rings. The molecule has 2 aliphatic heterocycles. The lowest BCUT2D eigenvalue weighted by Crippen LogP contribution is -2.31. The fraction of sp³-hybridized carbons (Fsp3) is 0.0870. The number of aromatic nitrogens is 1. The van der Waals surface area contributed by atoms with E-state index in [9.17, 15) is 9.59 Å². The van der Waals surface area contributed by atoms with Crippen LogP contribution in [0.15, 0.2) is 77.3 Å². The minimum absolute atomic E-state index is 0.278. The number of rotatable bonds is 2. The molecular weight excluding hydrogens is 382 g/mol. The molecule has 2 N–H and O–H groups in total. The van der Waals surface area contributed by atoms with Crippen LogP contribution >= 0.6 is 11.8 Å². The van der Waals surface area contributed by atoms with Crippen LogP contribution in [0.3, 0.4) is 0 Å². The summed E-state index contributed by atoms with van der Waals surface area (Å²) >= 11 is 1.29.